The van der Waals surface area contributed by atoms with Crippen LogP contribution < -0.4 is 10.2 Å². The third-order valence-corrected chi connectivity index (χ3v) is 7.46. The molecule has 1 aromatic rings. The van der Waals surface area contributed by atoms with Crippen LogP contribution in [0, 0.1) is 0 Å². The lowest BCUT2D eigenvalue weighted by Crippen LogP contribution is -2.44. The van der Waals surface area contributed by atoms with E-state index >= 15 is 0 Å². The Labute approximate surface area is 180 Å². The first-order chi connectivity index (χ1) is 14.3. The van der Waals surface area contributed by atoms with Crippen LogP contribution in [-0.2, 0) is 19.4 Å². The van der Waals surface area contributed by atoms with Crippen molar-refractivity contribution in [2.75, 3.05) is 36.8 Å². The zero-order chi connectivity index (χ0) is 22.1. The van der Waals surface area contributed by atoms with Gasteiger partial charge in [-0.1, -0.05) is 6.92 Å². The van der Waals surface area contributed by atoms with Crippen LogP contribution in [0.25, 0.3) is 0 Å². The van der Waals surface area contributed by atoms with Gasteiger partial charge < -0.3 is 15.1 Å². The number of benzene rings is 1. The van der Waals surface area contributed by atoms with Crippen LogP contribution in [0.15, 0.2) is 29.2 Å². The summed E-state index contributed by atoms with van der Waals surface area (Å²) in [7, 11) is -3.18. The van der Waals surface area contributed by atoms with E-state index < -0.39 is 9.84 Å². The molecular weight excluding hydrogens is 402 g/mol. The van der Waals surface area contributed by atoms with Crippen molar-refractivity contribution in [2.24, 2.45) is 0 Å². The van der Waals surface area contributed by atoms with Crippen LogP contribution in [0.5, 0.6) is 0 Å². The van der Waals surface area contributed by atoms with E-state index in [2.05, 4.69) is 10.2 Å². The molecule has 8 heteroatoms. The fourth-order valence-corrected chi connectivity index (χ4v) is 4.63. The van der Waals surface area contributed by atoms with Crippen molar-refractivity contribution < 1.29 is 18.0 Å². The summed E-state index contributed by atoms with van der Waals surface area (Å²) in [6, 6.07) is 7.19. The van der Waals surface area contributed by atoms with Gasteiger partial charge in [0.1, 0.15) is 0 Å². The van der Waals surface area contributed by atoms with Gasteiger partial charge >= 0.3 is 0 Å². The second-order valence-electron chi connectivity index (χ2n) is 7.65. The van der Waals surface area contributed by atoms with Crippen LogP contribution in [0.1, 0.15) is 52.9 Å². The van der Waals surface area contributed by atoms with E-state index in [4.69, 9.17) is 0 Å². The quantitative estimate of drug-likeness (QED) is 0.608. The van der Waals surface area contributed by atoms with Gasteiger partial charge in [-0.25, -0.2) is 8.42 Å². The summed E-state index contributed by atoms with van der Waals surface area (Å²) in [5.74, 6) is 0.218. The lowest BCUT2D eigenvalue weighted by atomic mass is 10.0. The Hall–Kier alpha value is -2.09. The van der Waals surface area contributed by atoms with Gasteiger partial charge in [-0.3, -0.25) is 9.59 Å². The van der Waals surface area contributed by atoms with E-state index in [-0.39, 0.29) is 23.6 Å². The predicted molar refractivity (Wildman–Crippen MR) is 119 cm³/mol. The summed E-state index contributed by atoms with van der Waals surface area (Å²) in [6.07, 6.45) is 3.06. The summed E-state index contributed by atoms with van der Waals surface area (Å²) >= 11 is 0. The third kappa shape index (κ3) is 6.72. The molecule has 0 spiro atoms. The van der Waals surface area contributed by atoms with Crippen LogP contribution in [0.2, 0.25) is 0 Å². The second-order valence-corrected chi connectivity index (χ2v) is 9.92. The Kier molecular flexibility index (Phi) is 9.14. The molecule has 1 saturated heterocycles. The van der Waals surface area contributed by atoms with Crippen molar-refractivity contribution in [3.8, 4) is 0 Å². The molecule has 0 bridgehead atoms. The molecule has 0 aliphatic carbocycles. The molecule has 1 heterocycles. The van der Waals surface area contributed by atoms with Crippen LogP contribution in [0.3, 0.4) is 0 Å². The Morgan fingerprint density at radius 2 is 1.63 bits per heavy atom. The summed E-state index contributed by atoms with van der Waals surface area (Å²) in [4.78, 5) is 28.6. The van der Waals surface area contributed by atoms with Gasteiger partial charge in [0.15, 0.2) is 9.84 Å². The first-order valence-electron chi connectivity index (χ1n) is 11.0. The van der Waals surface area contributed by atoms with E-state index in [1.54, 1.807) is 24.0 Å². The van der Waals surface area contributed by atoms with Crippen LogP contribution >= 0.6 is 0 Å². The number of nitrogens with one attached hydrogen (secondary N) is 1. The Morgan fingerprint density at radius 3 is 2.17 bits per heavy atom. The number of sulfone groups is 1. The zero-order valence-corrected chi connectivity index (χ0v) is 19.2. The topological polar surface area (TPSA) is 86.8 Å². The second kappa shape index (κ2) is 11.3. The first kappa shape index (κ1) is 24.2. The number of nitrogens with zero attached hydrogens (tertiary/aromatic N) is 2. The molecule has 1 N–H and O–H groups in total. The number of piperidine rings is 1. The Bertz CT molecular complexity index is 796. The molecule has 1 aliphatic heterocycles. The predicted octanol–water partition coefficient (Wildman–Crippen LogP) is 2.60. The molecule has 0 saturated carbocycles. The van der Waals surface area contributed by atoms with Crippen LogP contribution in [-0.4, -0.2) is 63.1 Å². The number of rotatable bonds is 10. The number of hydrogen-bond acceptors (Lipinski definition) is 5. The minimum absolute atomic E-state index is 0.00919. The molecule has 1 aliphatic rings. The first-order valence-corrected chi connectivity index (χ1v) is 12.6. The lowest BCUT2D eigenvalue weighted by molar-refractivity contribution is -0.131. The molecule has 0 aromatic heterocycles. The highest BCUT2D eigenvalue weighted by atomic mass is 32.2. The molecular formula is C22H35N3O4S. The number of hydrogen-bond donors (Lipinski definition) is 1. The summed E-state index contributed by atoms with van der Waals surface area (Å²) in [6.45, 7) is 8.60. The third-order valence-electron chi connectivity index (χ3n) is 5.71. The maximum absolute atomic E-state index is 12.2. The molecule has 0 atom stereocenters. The summed E-state index contributed by atoms with van der Waals surface area (Å²) in [5.41, 5.74) is 1.00. The van der Waals surface area contributed by atoms with Gasteiger partial charge in [0.05, 0.1) is 10.6 Å². The lowest BCUT2D eigenvalue weighted by Gasteiger charge is -2.34. The SMILES string of the molecule is CCN(CC)C(=O)CCCC(=O)NC1CCN(c2ccc(S(=O)(=O)CC)cc2)CC1. The van der Waals surface area contributed by atoms with Gasteiger partial charge in [0.2, 0.25) is 11.8 Å². The van der Waals surface area contributed by atoms with E-state index in [9.17, 15) is 18.0 Å². The fourth-order valence-electron chi connectivity index (χ4n) is 3.75. The van der Waals surface area contributed by atoms with Crippen molar-refractivity contribution >= 4 is 27.3 Å². The van der Waals surface area contributed by atoms with Crippen molar-refractivity contribution in [1.29, 1.82) is 0 Å². The maximum Gasteiger partial charge on any atom is 0.222 e. The summed E-state index contributed by atoms with van der Waals surface area (Å²) < 4.78 is 23.9. The van der Waals surface area contributed by atoms with E-state index in [0.29, 0.717) is 37.2 Å². The average molecular weight is 438 g/mol. The van der Waals surface area contributed by atoms with E-state index in [0.717, 1.165) is 31.6 Å². The highest BCUT2D eigenvalue weighted by molar-refractivity contribution is 7.91. The highest BCUT2D eigenvalue weighted by Crippen LogP contribution is 2.22. The minimum Gasteiger partial charge on any atom is -0.371 e. The molecule has 7 nitrogen and oxygen atoms in total. The number of carbonyl (C=O) groups is 2. The largest absolute Gasteiger partial charge is 0.371 e. The minimum atomic E-state index is -3.18. The van der Waals surface area contributed by atoms with Crippen molar-refractivity contribution in [3.05, 3.63) is 24.3 Å². The van der Waals surface area contributed by atoms with Crippen LogP contribution in [0.4, 0.5) is 5.69 Å². The van der Waals surface area contributed by atoms with Crippen molar-refractivity contribution in [1.82, 2.24) is 10.2 Å². The average Bonchev–Trinajstić information content (AvgIpc) is 2.75. The molecule has 168 valence electrons. The van der Waals surface area contributed by atoms with E-state index in [1.165, 1.54) is 0 Å². The Morgan fingerprint density at radius 1 is 1.03 bits per heavy atom. The maximum atomic E-state index is 12.2. The molecule has 1 fully saturated rings. The molecule has 0 unspecified atom stereocenters. The number of anilines is 1. The van der Waals surface area contributed by atoms with Crippen molar-refractivity contribution in [3.63, 3.8) is 0 Å². The highest BCUT2D eigenvalue weighted by Gasteiger charge is 2.21. The van der Waals surface area contributed by atoms with Gasteiger partial charge in [0, 0.05) is 50.7 Å². The fraction of sp³-hybridized carbons (Fsp3) is 0.636. The zero-order valence-electron chi connectivity index (χ0n) is 18.4. The van der Waals surface area contributed by atoms with E-state index in [1.807, 2.05) is 26.0 Å². The van der Waals surface area contributed by atoms with Gasteiger partial charge in [-0.05, 0) is 57.4 Å². The molecule has 2 amide bonds. The number of carbonyl (C=O) groups excluding carboxylic acids is 2. The molecule has 1 aromatic carbocycles. The van der Waals surface area contributed by atoms with Gasteiger partial charge in [0.25, 0.3) is 0 Å². The molecule has 30 heavy (non-hydrogen) atoms. The van der Waals surface area contributed by atoms with Gasteiger partial charge in [-0.2, -0.15) is 0 Å². The normalized spacial score (nSPS) is 15.1. The smallest absolute Gasteiger partial charge is 0.222 e. The van der Waals surface area contributed by atoms with Gasteiger partial charge in [-0.15, -0.1) is 0 Å². The molecule has 0 radical (unpaired) electrons. The monoisotopic (exact) mass is 437 g/mol. The summed E-state index contributed by atoms with van der Waals surface area (Å²) in [5, 5.41) is 3.09. The van der Waals surface area contributed by atoms with Crippen molar-refractivity contribution in [2.45, 2.75) is 63.8 Å². The standard InChI is InChI=1S/C22H35N3O4S/c1-4-24(5-2)22(27)9-7-8-21(26)23-18-14-16-25(17-15-18)19-10-12-20(13-11-19)30(28,29)6-3/h10-13,18H,4-9,14-17H2,1-3H3,(H,23,26). The molecule has 2 rings (SSSR count). The number of amides is 2. The Balaban J connectivity index is 1.74.